The molecule has 1 unspecified atom stereocenters. The van der Waals surface area contributed by atoms with Crippen molar-refractivity contribution in [3.8, 4) is 6.07 Å². The van der Waals surface area contributed by atoms with Crippen molar-refractivity contribution in [3.63, 3.8) is 0 Å². The average molecular weight is 221 g/mol. The van der Waals surface area contributed by atoms with Crippen LogP contribution in [0.15, 0.2) is 0 Å². The third kappa shape index (κ3) is 1.80. The monoisotopic (exact) mass is 221 g/mol. The fourth-order valence-electron chi connectivity index (χ4n) is 3.32. The van der Waals surface area contributed by atoms with Crippen LogP contribution in [0.5, 0.6) is 0 Å². The molecule has 1 aliphatic carbocycles. The molecule has 2 rings (SSSR count). The van der Waals surface area contributed by atoms with E-state index in [1.165, 1.54) is 25.7 Å². The van der Waals surface area contributed by atoms with E-state index in [0.717, 1.165) is 13.1 Å². The van der Waals surface area contributed by atoms with Gasteiger partial charge in [-0.25, -0.2) is 0 Å². The lowest BCUT2D eigenvalue weighted by atomic mass is 9.81. The van der Waals surface area contributed by atoms with Crippen LogP contribution < -0.4 is 5.32 Å². The zero-order chi connectivity index (χ0) is 11.6. The van der Waals surface area contributed by atoms with Gasteiger partial charge in [-0.3, -0.25) is 4.79 Å². The van der Waals surface area contributed by atoms with Crippen molar-refractivity contribution in [1.82, 2.24) is 10.2 Å². The van der Waals surface area contributed by atoms with Crippen LogP contribution in [0.25, 0.3) is 0 Å². The van der Waals surface area contributed by atoms with Gasteiger partial charge in [-0.1, -0.05) is 12.8 Å². The molecule has 4 nitrogen and oxygen atoms in total. The van der Waals surface area contributed by atoms with Gasteiger partial charge in [0, 0.05) is 24.5 Å². The first-order valence-electron chi connectivity index (χ1n) is 6.04. The number of likely N-dealkylation sites (N-methyl/N-ethyl adjacent to an activating group) is 1. The van der Waals surface area contributed by atoms with Crippen molar-refractivity contribution in [2.75, 3.05) is 20.1 Å². The number of hydrogen-bond donors (Lipinski definition) is 1. The molecule has 0 aromatic rings. The predicted molar refractivity (Wildman–Crippen MR) is 60.6 cm³/mol. The zero-order valence-electron chi connectivity index (χ0n) is 9.83. The summed E-state index contributed by atoms with van der Waals surface area (Å²) in [6.07, 6.45) is 5.01. The topological polar surface area (TPSA) is 56.1 Å². The minimum absolute atomic E-state index is 0.00785. The summed E-state index contributed by atoms with van der Waals surface area (Å²) >= 11 is 0. The maximum Gasteiger partial charge on any atom is 0.236 e. The summed E-state index contributed by atoms with van der Waals surface area (Å²) in [7, 11) is 1.98. The molecule has 0 bridgehead atoms. The third-order valence-electron chi connectivity index (χ3n) is 4.18. The van der Waals surface area contributed by atoms with E-state index in [2.05, 4.69) is 5.32 Å². The van der Waals surface area contributed by atoms with Gasteiger partial charge >= 0.3 is 0 Å². The number of carbonyl (C=O) groups excluding carboxylic acids is 1. The second-order valence-corrected chi connectivity index (χ2v) is 5.02. The Bertz CT molecular complexity index is 315. The van der Waals surface area contributed by atoms with Crippen LogP contribution in [-0.4, -0.2) is 37.0 Å². The number of hydrogen-bond acceptors (Lipinski definition) is 3. The van der Waals surface area contributed by atoms with E-state index in [0.29, 0.717) is 11.5 Å². The minimum atomic E-state index is -0.00785. The Balaban J connectivity index is 2.07. The molecule has 1 heterocycles. The molecule has 0 aromatic carbocycles. The molecule has 2 fully saturated rings. The molecule has 2 aliphatic rings. The average Bonchev–Trinajstić information content (AvgIpc) is 2.87. The van der Waals surface area contributed by atoms with Gasteiger partial charge < -0.3 is 10.2 Å². The van der Waals surface area contributed by atoms with E-state index in [9.17, 15) is 4.79 Å². The number of likely N-dealkylation sites (tertiary alicyclic amines) is 1. The fourth-order valence-corrected chi connectivity index (χ4v) is 3.32. The summed E-state index contributed by atoms with van der Waals surface area (Å²) in [5, 5.41) is 11.9. The highest BCUT2D eigenvalue weighted by Gasteiger charge is 2.48. The van der Waals surface area contributed by atoms with Crippen LogP contribution in [0.3, 0.4) is 0 Å². The molecule has 1 atom stereocenters. The molecule has 1 N–H and O–H groups in total. The van der Waals surface area contributed by atoms with Crippen LogP contribution >= 0.6 is 0 Å². The van der Waals surface area contributed by atoms with Crippen LogP contribution in [0.4, 0.5) is 0 Å². The molecule has 1 aliphatic heterocycles. The largest absolute Gasteiger partial charge is 0.340 e. The Hall–Kier alpha value is -1.08. The standard InChI is InChI=1S/C12H19N3O/c1-14-10-8-15(11(16)4-7-13)9-12(10)5-2-3-6-12/h10,14H,2-6,8-9H2,1H3. The maximum atomic E-state index is 11.7. The smallest absolute Gasteiger partial charge is 0.236 e. The lowest BCUT2D eigenvalue weighted by Crippen LogP contribution is -2.40. The highest BCUT2D eigenvalue weighted by Crippen LogP contribution is 2.45. The van der Waals surface area contributed by atoms with Gasteiger partial charge in [-0.15, -0.1) is 0 Å². The van der Waals surface area contributed by atoms with Gasteiger partial charge in [-0.2, -0.15) is 5.26 Å². The zero-order valence-corrected chi connectivity index (χ0v) is 9.83. The van der Waals surface area contributed by atoms with Crippen LogP contribution in [0.1, 0.15) is 32.1 Å². The summed E-state index contributed by atoms with van der Waals surface area (Å²) in [5.74, 6) is -0.00785. The van der Waals surface area contributed by atoms with E-state index in [1.807, 2.05) is 18.0 Å². The summed E-state index contributed by atoms with van der Waals surface area (Å²) < 4.78 is 0. The van der Waals surface area contributed by atoms with Gasteiger partial charge in [0.15, 0.2) is 0 Å². The summed E-state index contributed by atoms with van der Waals surface area (Å²) in [5.41, 5.74) is 0.292. The second kappa shape index (κ2) is 4.42. The first-order chi connectivity index (χ1) is 7.72. The molecule has 1 amide bonds. The van der Waals surface area contributed by atoms with Crippen molar-refractivity contribution < 1.29 is 4.79 Å². The molecular weight excluding hydrogens is 202 g/mol. The third-order valence-corrected chi connectivity index (χ3v) is 4.18. The first-order valence-corrected chi connectivity index (χ1v) is 6.04. The van der Waals surface area contributed by atoms with E-state index in [4.69, 9.17) is 5.26 Å². The highest BCUT2D eigenvalue weighted by molar-refractivity contribution is 5.78. The summed E-state index contributed by atoms with van der Waals surface area (Å²) in [6, 6.07) is 2.36. The predicted octanol–water partition coefficient (Wildman–Crippen LogP) is 0.891. The molecule has 1 spiro atoms. The van der Waals surface area contributed by atoms with Crippen LogP contribution in [-0.2, 0) is 4.79 Å². The molecule has 88 valence electrons. The molecule has 16 heavy (non-hydrogen) atoms. The molecule has 4 heteroatoms. The van der Waals surface area contributed by atoms with Gasteiger partial charge in [0.25, 0.3) is 0 Å². The Morgan fingerprint density at radius 1 is 1.56 bits per heavy atom. The number of nitrogens with one attached hydrogen (secondary N) is 1. The Labute approximate surface area is 96.6 Å². The quantitative estimate of drug-likeness (QED) is 0.753. The summed E-state index contributed by atoms with van der Waals surface area (Å²) in [6.45, 7) is 1.62. The SMILES string of the molecule is CNC1CN(C(=O)CC#N)CC12CCCC2. The van der Waals surface area contributed by atoms with Crippen molar-refractivity contribution in [3.05, 3.63) is 0 Å². The Morgan fingerprint density at radius 3 is 2.81 bits per heavy atom. The van der Waals surface area contributed by atoms with Crippen molar-refractivity contribution in [2.45, 2.75) is 38.1 Å². The highest BCUT2D eigenvalue weighted by atomic mass is 16.2. The Morgan fingerprint density at radius 2 is 2.25 bits per heavy atom. The molecular formula is C12H19N3O. The number of rotatable bonds is 2. The van der Waals surface area contributed by atoms with Gasteiger partial charge in [0.1, 0.15) is 6.42 Å². The van der Waals surface area contributed by atoms with Crippen LogP contribution in [0.2, 0.25) is 0 Å². The minimum Gasteiger partial charge on any atom is -0.340 e. The molecule has 0 radical (unpaired) electrons. The number of carbonyl (C=O) groups is 1. The van der Waals surface area contributed by atoms with E-state index in [-0.39, 0.29) is 12.3 Å². The van der Waals surface area contributed by atoms with Crippen molar-refractivity contribution in [2.24, 2.45) is 5.41 Å². The van der Waals surface area contributed by atoms with E-state index < -0.39 is 0 Å². The van der Waals surface area contributed by atoms with Crippen LogP contribution in [0, 0.1) is 16.7 Å². The number of nitriles is 1. The lowest BCUT2D eigenvalue weighted by molar-refractivity contribution is -0.129. The van der Waals surface area contributed by atoms with Gasteiger partial charge in [0.2, 0.25) is 5.91 Å². The Kier molecular flexibility index (Phi) is 3.15. The lowest BCUT2D eigenvalue weighted by Gasteiger charge is -2.29. The summed E-state index contributed by atoms with van der Waals surface area (Å²) in [4.78, 5) is 13.6. The van der Waals surface area contributed by atoms with Crippen molar-refractivity contribution in [1.29, 1.82) is 5.26 Å². The molecule has 0 aromatic heterocycles. The van der Waals surface area contributed by atoms with E-state index >= 15 is 0 Å². The number of amides is 1. The van der Waals surface area contributed by atoms with E-state index in [1.54, 1.807) is 0 Å². The van der Waals surface area contributed by atoms with Crippen molar-refractivity contribution >= 4 is 5.91 Å². The second-order valence-electron chi connectivity index (χ2n) is 5.02. The van der Waals surface area contributed by atoms with Gasteiger partial charge in [-0.05, 0) is 19.9 Å². The number of nitrogens with zero attached hydrogens (tertiary/aromatic N) is 2. The normalized spacial score (nSPS) is 27.2. The fraction of sp³-hybridized carbons (Fsp3) is 0.833. The first kappa shape index (κ1) is 11.4. The van der Waals surface area contributed by atoms with Gasteiger partial charge in [0.05, 0.1) is 6.07 Å². The maximum absolute atomic E-state index is 11.7. The molecule has 1 saturated heterocycles. The molecule has 1 saturated carbocycles.